The van der Waals surface area contributed by atoms with E-state index in [0.29, 0.717) is 5.92 Å². The predicted octanol–water partition coefficient (Wildman–Crippen LogP) is 1.87. The highest BCUT2D eigenvalue weighted by Crippen LogP contribution is 2.18. The van der Waals surface area contributed by atoms with Crippen LogP contribution in [0.2, 0.25) is 0 Å². The number of H-pyrrole nitrogens is 1. The number of rotatable bonds is 2. The van der Waals surface area contributed by atoms with Gasteiger partial charge in [-0.25, -0.2) is 0 Å². The molecule has 0 amide bonds. The average molecular weight is 176 g/mol. The van der Waals surface area contributed by atoms with E-state index < -0.39 is 0 Å². The SMILES string of the molecule is CCC(C)c1cc2nn[nH]c2cn1. The first-order valence-corrected chi connectivity index (χ1v) is 4.48. The molecule has 2 heterocycles. The van der Waals surface area contributed by atoms with Gasteiger partial charge in [0.15, 0.2) is 0 Å². The molecule has 0 bridgehead atoms. The van der Waals surface area contributed by atoms with Crippen molar-refractivity contribution in [3.8, 4) is 0 Å². The van der Waals surface area contributed by atoms with Crippen LogP contribution in [0.1, 0.15) is 31.9 Å². The molecule has 68 valence electrons. The number of nitrogens with one attached hydrogen (secondary N) is 1. The van der Waals surface area contributed by atoms with Gasteiger partial charge in [-0.05, 0) is 18.4 Å². The van der Waals surface area contributed by atoms with Gasteiger partial charge in [-0.15, -0.1) is 5.10 Å². The quantitative estimate of drug-likeness (QED) is 0.759. The Labute approximate surface area is 76.4 Å². The molecule has 0 aliphatic rings. The minimum absolute atomic E-state index is 0.487. The Morgan fingerprint density at radius 3 is 3.15 bits per heavy atom. The Morgan fingerprint density at radius 1 is 1.54 bits per heavy atom. The Balaban J connectivity index is 2.48. The molecule has 2 aromatic heterocycles. The van der Waals surface area contributed by atoms with Gasteiger partial charge in [0.1, 0.15) is 11.0 Å². The summed E-state index contributed by atoms with van der Waals surface area (Å²) in [4.78, 5) is 4.34. The second-order valence-electron chi connectivity index (χ2n) is 3.25. The van der Waals surface area contributed by atoms with E-state index in [0.717, 1.165) is 23.1 Å². The number of aromatic nitrogens is 4. The number of fused-ring (bicyclic) bond motifs is 1. The maximum Gasteiger partial charge on any atom is 0.116 e. The van der Waals surface area contributed by atoms with Gasteiger partial charge in [0.05, 0.1) is 6.20 Å². The molecule has 0 spiro atoms. The van der Waals surface area contributed by atoms with E-state index in [2.05, 4.69) is 34.2 Å². The van der Waals surface area contributed by atoms with Crippen LogP contribution in [-0.4, -0.2) is 20.4 Å². The fourth-order valence-electron chi connectivity index (χ4n) is 1.24. The summed E-state index contributed by atoms with van der Waals surface area (Å²) in [6, 6.07) is 1.99. The van der Waals surface area contributed by atoms with Crippen LogP contribution < -0.4 is 0 Å². The first kappa shape index (κ1) is 8.16. The second kappa shape index (κ2) is 3.12. The van der Waals surface area contributed by atoms with E-state index in [4.69, 9.17) is 0 Å². The van der Waals surface area contributed by atoms with Gasteiger partial charge in [0.2, 0.25) is 0 Å². The highest BCUT2D eigenvalue weighted by molar-refractivity contribution is 5.72. The van der Waals surface area contributed by atoms with Crippen LogP contribution in [0.3, 0.4) is 0 Å². The molecular weight excluding hydrogens is 164 g/mol. The second-order valence-corrected chi connectivity index (χ2v) is 3.25. The standard InChI is InChI=1S/C9H12N4/c1-3-6(2)7-4-8-9(5-10-7)12-13-11-8/h4-6H,3H2,1-2H3,(H,11,12,13). The Kier molecular flexibility index (Phi) is 1.96. The third kappa shape index (κ3) is 1.39. The molecule has 4 heteroatoms. The predicted molar refractivity (Wildman–Crippen MR) is 50.4 cm³/mol. The molecule has 0 fully saturated rings. The fourth-order valence-corrected chi connectivity index (χ4v) is 1.24. The van der Waals surface area contributed by atoms with Gasteiger partial charge in [-0.1, -0.05) is 19.1 Å². The van der Waals surface area contributed by atoms with Crippen LogP contribution in [0.15, 0.2) is 12.3 Å². The van der Waals surface area contributed by atoms with E-state index in [-0.39, 0.29) is 0 Å². The average Bonchev–Trinajstić information content (AvgIpc) is 2.63. The first-order chi connectivity index (χ1) is 6.31. The van der Waals surface area contributed by atoms with E-state index >= 15 is 0 Å². The van der Waals surface area contributed by atoms with Gasteiger partial charge in [0, 0.05) is 5.69 Å². The highest BCUT2D eigenvalue weighted by Gasteiger charge is 2.06. The maximum atomic E-state index is 4.34. The Morgan fingerprint density at radius 2 is 2.38 bits per heavy atom. The third-order valence-corrected chi connectivity index (χ3v) is 2.35. The molecule has 0 aliphatic carbocycles. The van der Waals surface area contributed by atoms with Gasteiger partial charge in [-0.3, -0.25) is 10.1 Å². The topological polar surface area (TPSA) is 54.5 Å². The summed E-state index contributed by atoms with van der Waals surface area (Å²) in [7, 11) is 0. The van der Waals surface area contributed by atoms with Crippen LogP contribution in [-0.2, 0) is 0 Å². The number of aromatic amines is 1. The zero-order valence-electron chi connectivity index (χ0n) is 7.78. The van der Waals surface area contributed by atoms with Crippen molar-refractivity contribution in [3.63, 3.8) is 0 Å². The number of nitrogens with zero attached hydrogens (tertiary/aromatic N) is 3. The molecule has 2 rings (SSSR count). The molecule has 4 nitrogen and oxygen atoms in total. The van der Waals surface area contributed by atoms with E-state index in [9.17, 15) is 0 Å². The van der Waals surface area contributed by atoms with Crippen LogP contribution >= 0.6 is 0 Å². The molecule has 0 saturated heterocycles. The minimum Gasteiger partial charge on any atom is -0.259 e. The summed E-state index contributed by atoms with van der Waals surface area (Å²) in [5.74, 6) is 0.487. The van der Waals surface area contributed by atoms with E-state index in [1.807, 2.05) is 6.07 Å². The lowest BCUT2D eigenvalue weighted by Crippen LogP contribution is -1.94. The molecule has 13 heavy (non-hydrogen) atoms. The van der Waals surface area contributed by atoms with E-state index in [1.165, 1.54) is 0 Å². The largest absolute Gasteiger partial charge is 0.259 e. The summed E-state index contributed by atoms with van der Waals surface area (Å²) in [6.45, 7) is 4.31. The number of hydrogen-bond donors (Lipinski definition) is 1. The lowest BCUT2D eigenvalue weighted by atomic mass is 10.0. The van der Waals surface area contributed by atoms with Crippen LogP contribution in [0.25, 0.3) is 11.0 Å². The maximum absolute atomic E-state index is 4.34. The summed E-state index contributed by atoms with van der Waals surface area (Å²) >= 11 is 0. The third-order valence-electron chi connectivity index (χ3n) is 2.35. The van der Waals surface area contributed by atoms with Crippen molar-refractivity contribution in [3.05, 3.63) is 18.0 Å². The molecule has 1 atom stereocenters. The molecule has 0 radical (unpaired) electrons. The molecule has 0 aromatic carbocycles. The normalized spacial score (nSPS) is 13.4. The summed E-state index contributed by atoms with van der Waals surface area (Å²) in [5, 5.41) is 10.4. The summed E-state index contributed by atoms with van der Waals surface area (Å²) in [5.41, 5.74) is 2.88. The zero-order chi connectivity index (χ0) is 9.26. The van der Waals surface area contributed by atoms with Crippen LogP contribution in [0.4, 0.5) is 0 Å². The molecular formula is C9H12N4. The smallest absolute Gasteiger partial charge is 0.116 e. The number of hydrogen-bond acceptors (Lipinski definition) is 3. The van der Waals surface area contributed by atoms with Gasteiger partial charge in [-0.2, -0.15) is 0 Å². The molecule has 0 saturated carbocycles. The molecule has 0 aliphatic heterocycles. The molecule has 1 unspecified atom stereocenters. The minimum atomic E-state index is 0.487. The van der Waals surface area contributed by atoms with Crippen LogP contribution in [0, 0.1) is 0 Å². The monoisotopic (exact) mass is 176 g/mol. The Bertz CT molecular complexity index is 407. The van der Waals surface area contributed by atoms with Crippen molar-refractivity contribution in [2.45, 2.75) is 26.2 Å². The summed E-state index contributed by atoms with van der Waals surface area (Å²) < 4.78 is 0. The first-order valence-electron chi connectivity index (χ1n) is 4.48. The van der Waals surface area contributed by atoms with Gasteiger partial charge < -0.3 is 0 Å². The van der Waals surface area contributed by atoms with Crippen molar-refractivity contribution < 1.29 is 0 Å². The number of pyridine rings is 1. The molecule has 2 aromatic rings. The van der Waals surface area contributed by atoms with Crippen molar-refractivity contribution in [2.24, 2.45) is 0 Å². The van der Waals surface area contributed by atoms with Crippen molar-refractivity contribution in [1.29, 1.82) is 0 Å². The van der Waals surface area contributed by atoms with E-state index in [1.54, 1.807) is 6.20 Å². The lowest BCUT2D eigenvalue weighted by Gasteiger charge is -2.05. The lowest BCUT2D eigenvalue weighted by molar-refractivity contribution is 0.709. The Hall–Kier alpha value is -1.45. The van der Waals surface area contributed by atoms with Gasteiger partial charge >= 0.3 is 0 Å². The summed E-state index contributed by atoms with van der Waals surface area (Å²) in [6.07, 6.45) is 2.88. The molecule has 1 N–H and O–H groups in total. The van der Waals surface area contributed by atoms with Crippen molar-refractivity contribution >= 4 is 11.0 Å². The fraction of sp³-hybridized carbons (Fsp3) is 0.444. The van der Waals surface area contributed by atoms with Gasteiger partial charge in [0.25, 0.3) is 0 Å². The van der Waals surface area contributed by atoms with Crippen molar-refractivity contribution in [2.75, 3.05) is 0 Å². The van der Waals surface area contributed by atoms with Crippen LogP contribution in [0.5, 0.6) is 0 Å². The highest BCUT2D eigenvalue weighted by atomic mass is 15.3. The van der Waals surface area contributed by atoms with Crippen molar-refractivity contribution in [1.82, 2.24) is 20.4 Å². The zero-order valence-corrected chi connectivity index (χ0v) is 7.78.